The lowest BCUT2D eigenvalue weighted by molar-refractivity contribution is -0.130. The molecule has 0 saturated heterocycles. The molecule has 0 fully saturated rings. The SMILES string of the molecule is O=C1OC(CCc2ccccc2F)=N/C1=C/c1cccc(Br)c1. The van der Waals surface area contributed by atoms with E-state index in [1.807, 2.05) is 24.3 Å². The second-order valence-corrected chi connectivity index (χ2v) is 5.99. The van der Waals surface area contributed by atoms with Crippen molar-refractivity contribution in [3.8, 4) is 0 Å². The molecule has 0 radical (unpaired) electrons. The third-order valence-electron chi connectivity index (χ3n) is 3.38. The molecule has 0 N–H and O–H groups in total. The zero-order valence-electron chi connectivity index (χ0n) is 12.1. The number of nitrogens with zero attached hydrogens (tertiary/aromatic N) is 1. The predicted octanol–water partition coefficient (Wildman–Crippen LogP) is 4.52. The highest BCUT2D eigenvalue weighted by Crippen LogP contribution is 2.20. The fourth-order valence-electron chi connectivity index (χ4n) is 2.26. The molecule has 3 nitrogen and oxygen atoms in total. The predicted molar refractivity (Wildman–Crippen MR) is 90.4 cm³/mol. The molecule has 0 aromatic heterocycles. The highest BCUT2D eigenvalue weighted by Gasteiger charge is 2.22. The lowest BCUT2D eigenvalue weighted by Crippen LogP contribution is -2.05. The number of aryl methyl sites for hydroxylation is 1. The van der Waals surface area contributed by atoms with Gasteiger partial charge in [-0.15, -0.1) is 0 Å². The standard InChI is InChI=1S/C18H13BrFNO2/c19-14-6-3-4-12(10-14)11-16-18(22)23-17(21-16)9-8-13-5-1-2-7-15(13)20/h1-7,10-11H,8-9H2/b16-11+. The Hall–Kier alpha value is -2.27. The van der Waals surface area contributed by atoms with Crippen molar-refractivity contribution in [3.63, 3.8) is 0 Å². The van der Waals surface area contributed by atoms with Crippen molar-refractivity contribution < 1.29 is 13.9 Å². The first-order valence-electron chi connectivity index (χ1n) is 7.12. The number of cyclic esters (lactones) is 1. The maximum Gasteiger partial charge on any atom is 0.363 e. The number of esters is 1. The number of carbonyl (C=O) groups excluding carboxylic acids is 1. The van der Waals surface area contributed by atoms with Gasteiger partial charge in [0.05, 0.1) is 0 Å². The third kappa shape index (κ3) is 3.93. The number of ether oxygens (including phenoxy) is 1. The first-order valence-corrected chi connectivity index (χ1v) is 7.91. The Bertz CT molecular complexity index is 814. The fraction of sp³-hybridized carbons (Fsp3) is 0.111. The molecule has 5 heteroatoms. The molecule has 1 heterocycles. The Morgan fingerprint density at radius 1 is 1.13 bits per heavy atom. The van der Waals surface area contributed by atoms with E-state index in [4.69, 9.17) is 4.74 Å². The van der Waals surface area contributed by atoms with Crippen molar-refractivity contribution in [1.82, 2.24) is 0 Å². The summed E-state index contributed by atoms with van der Waals surface area (Å²) in [5.41, 5.74) is 1.69. The van der Waals surface area contributed by atoms with Gasteiger partial charge in [-0.3, -0.25) is 0 Å². The molecule has 0 spiro atoms. The van der Waals surface area contributed by atoms with Crippen LogP contribution in [0.15, 0.2) is 63.7 Å². The number of aliphatic imine (C=N–C) groups is 1. The van der Waals surface area contributed by atoms with Crippen molar-refractivity contribution in [2.24, 2.45) is 4.99 Å². The summed E-state index contributed by atoms with van der Waals surface area (Å²) in [6.07, 6.45) is 2.48. The second-order valence-electron chi connectivity index (χ2n) is 5.07. The number of hydrogen-bond acceptors (Lipinski definition) is 3. The van der Waals surface area contributed by atoms with Gasteiger partial charge < -0.3 is 4.74 Å². The first kappa shape index (κ1) is 15.6. The number of halogens is 2. The second kappa shape index (κ2) is 6.87. The van der Waals surface area contributed by atoms with E-state index in [-0.39, 0.29) is 11.5 Å². The Kier molecular flexibility index (Phi) is 4.67. The van der Waals surface area contributed by atoms with Crippen LogP contribution in [0.3, 0.4) is 0 Å². The molecule has 1 aliphatic rings. The Balaban J connectivity index is 1.73. The van der Waals surface area contributed by atoms with Crippen molar-refractivity contribution in [1.29, 1.82) is 0 Å². The summed E-state index contributed by atoms with van der Waals surface area (Å²) in [4.78, 5) is 16.1. The van der Waals surface area contributed by atoms with E-state index in [0.717, 1.165) is 10.0 Å². The number of hydrogen-bond donors (Lipinski definition) is 0. The lowest BCUT2D eigenvalue weighted by Gasteiger charge is -2.01. The zero-order valence-corrected chi connectivity index (χ0v) is 13.7. The van der Waals surface area contributed by atoms with Crippen LogP contribution in [0.25, 0.3) is 6.08 Å². The van der Waals surface area contributed by atoms with Crippen molar-refractivity contribution in [2.75, 3.05) is 0 Å². The number of benzene rings is 2. The van der Waals surface area contributed by atoms with Gasteiger partial charge in [0.1, 0.15) is 5.82 Å². The molecular weight excluding hydrogens is 361 g/mol. The van der Waals surface area contributed by atoms with Crippen molar-refractivity contribution in [3.05, 3.63) is 75.6 Å². The van der Waals surface area contributed by atoms with Gasteiger partial charge >= 0.3 is 5.97 Å². The molecule has 0 saturated carbocycles. The lowest BCUT2D eigenvalue weighted by atomic mass is 10.1. The first-order chi connectivity index (χ1) is 11.1. The van der Waals surface area contributed by atoms with Crippen LogP contribution in [-0.4, -0.2) is 11.9 Å². The molecule has 0 bridgehead atoms. The van der Waals surface area contributed by atoms with Crippen LogP contribution in [0.2, 0.25) is 0 Å². The van der Waals surface area contributed by atoms with Crippen LogP contribution < -0.4 is 0 Å². The molecule has 116 valence electrons. The van der Waals surface area contributed by atoms with E-state index in [9.17, 15) is 9.18 Å². The van der Waals surface area contributed by atoms with E-state index in [0.29, 0.717) is 24.3 Å². The quantitative estimate of drug-likeness (QED) is 0.583. The van der Waals surface area contributed by atoms with Gasteiger partial charge in [0.2, 0.25) is 0 Å². The molecular formula is C18H13BrFNO2. The number of carbonyl (C=O) groups is 1. The average Bonchev–Trinajstić information content (AvgIpc) is 2.87. The molecule has 0 unspecified atom stereocenters. The van der Waals surface area contributed by atoms with Crippen LogP contribution in [0.1, 0.15) is 17.5 Å². The summed E-state index contributed by atoms with van der Waals surface area (Å²) in [6, 6.07) is 14.1. The molecule has 0 atom stereocenters. The highest BCUT2D eigenvalue weighted by atomic mass is 79.9. The van der Waals surface area contributed by atoms with Crippen LogP contribution in [0.4, 0.5) is 4.39 Å². The van der Waals surface area contributed by atoms with E-state index >= 15 is 0 Å². The minimum atomic E-state index is -0.478. The minimum absolute atomic E-state index is 0.256. The van der Waals surface area contributed by atoms with Gasteiger partial charge in [-0.2, -0.15) is 0 Å². The molecule has 1 aliphatic heterocycles. The summed E-state index contributed by atoms with van der Waals surface area (Å²) in [5, 5.41) is 0. The summed E-state index contributed by atoms with van der Waals surface area (Å²) in [7, 11) is 0. The fourth-order valence-corrected chi connectivity index (χ4v) is 2.67. The summed E-state index contributed by atoms with van der Waals surface area (Å²) in [6.45, 7) is 0. The highest BCUT2D eigenvalue weighted by molar-refractivity contribution is 9.10. The molecule has 0 aliphatic carbocycles. The number of rotatable bonds is 4. The van der Waals surface area contributed by atoms with E-state index < -0.39 is 5.97 Å². The van der Waals surface area contributed by atoms with E-state index in [1.54, 1.807) is 24.3 Å². The molecule has 3 rings (SSSR count). The maximum atomic E-state index is 13.6. The topological polar surface area (TPSA) is 38.7 Å². The van der Waals surface area contributed by atoms with Gasteiger partial charge in [0.25, 0.3) is 0 Å². The Morgan fingerprint density at radius 2 is 1.96 bits per heavy atom. The molecule has 2 aromatic carbocycles. The third-order valence-corrected chi connectivity index (χ3v) is 3.88. The van der Waals surface area contributed by atoms with E-state index in [2.05, 4.69) is 20.9 Å². The van der Waals surface area contributed by atoms with Gasteiger partial charge in [-0.25, -0.2) is 14.2 Å². The Morgan fingerprint density at radius 3 is 2.74 bits per heavy atom. The normalized spacial score (nSPS) is 15.7. The molecule has 0 amide bonds. The van der Waals surface area contributed by atoms with Gasteiger partial charge in [0, 0.05) is 10.9 Å². The largest absolute Gasteiger partial charge is 0.407 e. The summed E-state index contributed by atoms with van der Waals surface area (Å²) in [5.74, 6) is -0.421. The van der Waals surface area contributed by atoms with Crippen LogP contribution in [0.5, 0.6) is 0 Å². The van der Waals surface area contributed by atoms with Gasteiger partial charge in [0.15, 0.2) is 11.6 Å². The van der Waals surface area contributed by atoms with Crippen molar-refractivity contribution >= 4 is 33.9 Å². The molecule has 23 heavy (non-hydrogen) atoms. The van der Waals surface area contributed by atoms with Gasteiger partial charge in [-0.05, 0) is 41.8 Å². The van der Waals surface area contributed by atoms with Gasteiger partial charge in [-0.1, -0.05) is 46.3 Å². The summed E-state index contributed by atoms with van der Waals surface area (Å²) < 4.78 is 19.6. The van der Waals surface area contributed by atoms with Crippen LogP contribution >= 0.6 is 15.9 Å². The Labute approximate surface area is 141 Å². The zero-order chi connectivity index (χ0) is 16.2. The van der Waals surface area contributed by atoms with Crippen molar-refractivity contribution in [2.45, 2.75) is 12.8 Å². The molecule has 2 aromatic rings. The maximum absolute atomic E-state index is 13.6. The average molecular weight is 374 g/mol. The van der Waals surface area contributed by atoms with E-state index in [1.165, 1.54) is 6.07 Å². The van der Waals surface area contributed by atoms with Crippen LogP contribution in [-0.2, 0) is 16.0 Å². The summed E-state index contributed by atoms with van der Waals surface area (Å²) >= 11 is 3.38. The van der Waals surface area contributed by atoms with Crippen LogP contribution in [0, 0.1) is 5.82 Å². The monoisotopic (exact) mass is 373 g/mol. The smallest absolute Gasteiger partial charge is 0.363 e. The minimum Gasteiger partial charge on any atom is -0.407 e.